The van der Waals surface area contributed by atoms with Gasteiger partial charge in [-0.3, -0.25) is 9.59 Å². The van der Waals surface area contributed by atoms with Crippen molar-refractivity contribution < 1.29 is 19.1 Å². The van der Waals surface area contributed by atoms with Crippen LogP contribution in [0.4, 0.5) is 0 Å². The lowest BCUT2D eigenvalue weighted by molar-refractivity contribution is -0.147. The summed E-state index contributed by atoms with van der Waals surface area (Å²) >= 11 is 0. The lowest BCUT2D eigenvalue weighted by Crippen LogP contribution is -2.31. The number of carbonyl (C=O) groups is 2. The monoisotopic (exact) mass is 223 g/mol. The quantitative estimate of drug-likeness (QED) is 0.661. The van der Waals surface area contributed by atoms with Crippen molar-refractivity contribution in [2.75, 3.05) is 13.7 Å². The van der Waals surface area contributed by atoms with Crippen LogP contribution in [0.1, 0.15) is 13.3 Å². The van der Waals surface area contributed by atoms with Crippen LogP contribution in [0.15, 0.2) is 0 Å². The van der Waals surface area contributed by atoms with Crippen molar-refractivity contribution in [3.8, 4) is 0 Å². The number of esters is 2. The minimum absolute atomic E-state index is 0. The van der Waals surface area contributed by atoms with E-state index < -0.39 is 0 Å². The third-order valence-corrected chi connectivity index (χ3v) is 1.91. The van der Waals surface area contributed by atoms with E-state index in [1.165, 1.54) is 14.0 Å². The Balaban J connectivity index is 0.00000169. The van der Waals surface area contributed by atoms with Gasteiger partial charge in [0.1, 0.15) is 12.1 Å². The first kappa shape index (κ1) is 13.2. The van der Waals surface area contributed by atoms with E-state index in [0.717, 1.165) is 0 Å². The van der Waals surface area contributed by atoms with Gasteiger partial charge < -0.3 is 14.8 Å². The second-order valence-electron chi connectivity index (χ2n) is 2.95. The molecule has 82 valence electrons. The van der Waals surface area contributed by atoms with E-state index in [0.29, 0.717) is 13.0 Å². The molecule has 1 aliphatic heterocycles. The van der Waals surface area contributed by atoms with Crippen LogP contribution in [0.3, 0.4) is 0 Å². The highest BCUT2D eigenvalue weighted by Gasteiger charge is 2.31. The normalized spacial score (nSPS) is 25.0. The van der Waals surface area contributed by atoms with Crippen molar-refractivity contribution in [2.24, 2.45) is 0 Å². The third-order valence-electron chi connectivity index (χ3n) is 1.91. The van der Waals surface area contributed by atoms with E-state index in [4.69, 9.17) is 4.74 Å². The Morgan fingerprint density at radius 2 is 2.07 bits per heavy atom. The summed E-state index contributed by atoms with van der Waals surface area (Å²) in [6.45, 7) is 1.87. The van der Waals surface area contributed by atoms with Crippen LogP contribution in [0.2, 0.25) is 0 Å². The second kappa shape index (κ2) is 5.82. The largest absolute Gasteiger partial charge is 0.468 e. The molecule has 0 aromatic heterocycles. The fourth-order valence-electron chi connectivity index (χ4n) is 1.35. The summed E-state index contributed by atoms with van der Waals surface area (Å²) in [4.78, 5) is 21.6. The number of hydrogen-bond acceptors (Lipinski definition) is 5. The molecule has 0 aromatic carbocycles. The smallest absolute Gasteiger partial charge is 0.323 e. The molecule has 0 saturated carbocycles. The standard InChI is InChI=1S/C8H13NO4.ClH/c1-5(10)13-6-3-7(9-4-6)8(11)12-2;/h6-7,9H,3-4H2,1-2H3;1H. The predicted molar refractivity (Wildman–Crippen MR) is 51.2 cm³/mol. The van der Waals surface area contributed by atoms with Crippen LogP contribution in [0, 0.1) is 0 Å². The van der Waals surface area contributed by atoms with Gasteiger partial charge in [-0.25, -0.2) is 0 Å². The fourth-order valence-corrected chi connectivity index (χ4v) is 1.35. The predicted octanol–water partition coefficient (Wildman–Crippen LogP) is -0.125. The molecule has 2 atom stereocenters. The molecule has 0 amide bonds. The maximum atomic E-state index is 11.0. The number of nitrogens with one attached hydrogen (secondary N) is 1. The summed E-state index contributed by atoms with van der Waals surface area (Å²) in [7, 11) is 1.34. The number of hydrogen-bond donors (Lipinski definition) is 1. The molecule has 1 rings (SSSR count). The average molecular weight is 224 g/mol. The third kappa shape index (κ3) is 3.51. The second-order valence-corrected chi connectivity index (χ2v) is 2.95. The molecule has 2 unspecified atom stereocenters. The van der Waals surface area contributed by atoms with Gasteiger partial charge in [0.25, 0.3) is 0 Å². The Labute approximate surface area is 88.5 Å². The molecule has 0 radical (unpaired) electrons. The van der Waals surface area contributed by atoms with Gasteiger partial charge in [0, 0.05) is 19.9 Å². The molecule has 6 heteroatoms. The summed E-state index contributed by atoms with van der Waals surface area (Å²) in [5.41, 5.74) is 0. The molecular formula is C8H14ClNO4. The molecule has 0 bridgehead atoms. The van der Waals surface area contributed by atoms with Gasteiger partial charge in [0.05, 0.1) is 7.11 Å². The average Bonchev–Trinajstić information content (AvgIpc) is 2.50. The van der Waals surface area contributed by atoms with Crippen LogP contribution in [-0.2, 0) is 19.1 Å². The van der Waals surface area contributed by atoms with E-state index in [1.807, 2.05) is 0 Å². The highest BCUT2D eigenvalue weighted by atomic mass is 35.5. The zero-order valence-electron chi connectivity index (χ0n) is 8.11. The summed E-state index contributed by atoms with van der Waals surface area (Å²) < 4.78 is 9.47. The Kier molecular flexibility index (Phi) is 5.49. The van der Waals surface area contributed by atoms with E-state index >= 15 is 0 Å². The lowest BCUT2D eigenvalue weighted by Gasteiger charge is -2.08. The Morgan fingerprint density at radius 3 is 2.57 bits per heavy atom. The van der Waals surface area contributed by atoms with Crippen LogP contribution in [-0.4, -0.2) is 37.7 Å². The first-order chi connectivity index (χ1) is 6.13. The van der Waals surface area contributed by atoms with E-state index in [9.17, 15) is 9.59 Å². The molecule has 0 aliphatic carbocycles. The number of ether oxygens (including phenoxy) is 2. The van der Waals surface area contributed by atoms with Crippen molar-refractivity contribution in [1.82, 2.24) is 5.32 Å². The summed E-state index contributed by atoms with van der Waals surface area (Å²) in [5.74, 6) is -0.632. The number of rotatable bonds is 2. The van der Waals surface area contributed by atoms with Gasteiger partial charge in [-0.15, -0.1) is 12.4 Å². The first-order valence-corrected chi connectivity index (χ1v) is 4.12. The van der Waals surface area contributed by atoms with Gasteiger partial charge in [-0.2, -0.15) is 0 Å². The molecule has 1 N–H and O–H groups in total. The maximum absolute atomic E-state index is 11.0. The van der Waals surface area contributed by atoms with E-state index in [1.54, 1.807) is 0 Å². The van der Waals surface area contributed by atoms with Crippen molar-refractivity contribution in [1.29, 1.82) is 0 Å². The molecule has 0 spiro atoms. The van der Waals surface area contributed by atoms with Crippen LogP contribution in [0.5, 0.6) is 0 Å². The number of halogens is 1. The Hall–Kier alpha value is -0.810. The lowest BCUT2D eigenvalue weighted by atomic mass is 10.2. The molecule has 1 saturated heterocycles. The molecule has 1 heterocycles. The van der Waals surface area contributed by atoms with Gasteiger partial charge in [0.15, 0.2) is 0 Å². The van der Waals surface area contributed by atoms with Gasteiger partial charge in [-0.1, -0.05) is 0 Å². The summed E-state index contributed by atoms with van der Waals surface area (Å²) in [5, 5.41) is 2.91. The highest BCUT2D eigenvalue weighted by molar-refractivity contribution is 5.85. The van der Waals surface area contributed by atoms with Crippen LogP contribution < -0.4 is 5.32 Å². The Morgan fingerprint density at radius 1 is 1.43 bits per heavy atom. The minimum Gasteiger partial charge on any atom is -0.468 e. The molecule has 14 heavy (non-hydrogen) atoms. The van der Waals surface area contributed by atoms with Crippen molar-refractivity contribution in [2.45, 2.75) is 25.5 Å². The van der Waals surface area contributed by atoms with Crippen molar-refractivity contribution in [3.63, 3.8) is 0 Å². The molecular weight excluding hydrogens is 210 g/mol. The number of methoxy groups -OCH3 is 1. The summed E-state index contributed by atoms with van der Waals surface area (Å²) in [6, 6.07) is -0.339. The fraction of sp³-hybridized carbons (Fsp3) is 0.750. The highest BCUT2D eigenvalue weighted by Crippen LogP contribution is 2.11. The van der Waals surface area contributed by atoms with Crippen LogP contribution >= 0.6 is 12.4 Å². The SMILES string of the molecule is COC(=O)C1CC(OC(C)=O)CN1.Cl. The zero-order valence-corrected chi connectivity index (χ0v) is 8.93. The molecule has 1 fully saturated rings. The van der Waals surface area contributed by atoms with Crippen molar-refractivity contribution in [3.05, 3.63) is 0 Å². The Bertz CT molecular complexity index is 221. The van der Waals surface area contributed by atoms with Gasteiger partial charge in [0.2, 0.25) is 0 Å². The topological polar surface area (TPSA) is 64.6 Å². The minimum atomic E-state index is -0.339. The summed E-state index contributed by atoms with van der Waals surface area (Å²) in [6.07, 6.45) is 0.285. The zero-order chi connectivity index (χ0) is 9.84. The van der Waals surface area contributed by atoms with E-state index in [-0.39, 0.29) is 36.5 Å². The molecule has 0 aromatic rings. The van der Waals surface area contributed by atoms with Crippen LogP contribution in [0.25, 0.3) is 0 Å². The molecule has 1 aliphatic rings. The van der Waals surface area contributed by atoms with Gasteiger partial charge >= 0.3 is 11.9 Å². The van der Waals surface area contributed by atoms with Crippen molar-refractivity contribution >= 4 is 24.3 Å². The maximum Gasteiger partial charge on any atom is 0.323 e. The van der Waals surface area contributed by atoms with E-state index in [2.05, 4.69) is 10.1 Å². The molecule has 5 nitrogen and oxygen atoms in total. The number of carbonyl (C=O) groups excluding carboxylic acids is 2. The van der Waals surface area contributed by atoms with Gasteiger partial charge in [-0.05, 0) is 0 Å². The first-order valence-electron chi connectivity index (χ1n) is 4.12.